The second kappa shape index (κ2) is 9.15. The Labute approximate surface area is 216 Å². The molecule has 0 bridgehead atoms. The van der Waals surface area contributed by atoms with Crippen LogP contribution in [0.2, 0.25) is 0 Å². The Bertz CT molecular complexity index is 1350. The number of fused-ring (bicyclic) bond motifs is 5. The monoisotopic (exact) mass is 500 g/mol. The molecule has 0 unspecified atom stereocenters. The minimum atomic E-state index is -3.76. The molecular formula is C32H36O3S. The summed E-state index contributed by atoms with van der Waals surface area (Å²) in [5.41, 5.74) is 6.79. The Hall–Kier alpha value is -2.43. The van der Waals surface area contributed by atoms with Gasteiger partial charge in [-0.15, -0.1) is 0 Å². The average Bonchev–Trinajstić information content (AvgIpc) is 3.20. The summed E-state index contributed by atoms with van der Waals surface area (Å²) >= 11 is 0. The van der Waals surface area contributed by atoms with E-state index in [1.54, 1.807) is 17.7 Å². The van der Waals surface area contributed by atoms with Gasteiger partial charge in [0.15, 0.2) is 0 Å². The molecule has 3 aromatic rings. The van der Waals surface area contributed by atoms with Crippen LogP contribution in [-0.4, -0.2) is 14.5 Å². The van der Waals surface area contributed by atoms with Gasteiger partial charge in [0.05, 0.1) is 11.0 Å². The molecule has 3 aliphatic carbocycles. The zero-order valence-electron chi connectivity index (χ0n) is 21.3. The fourth-order valence-electron chi connectivity index (χ4n) is 7.60. The van der Waals surface area contributed by atoms with Crippen molar-refractivity contribution in [2.75, 3.05) is 0 Å². The van der Waals surface area contributed by atoms with Crippen molar-refractivity contribution in [3.8, 4) is 0 Å². The van der Waals surface area contributed by atoms with Crippen LogP contribution in [-0.2, 0) is 27.1 Å². The van der Waals surface area contributed by atoms with Crippen LogP contribution in [0.1, 0.15) is 72.8 Å². The molecule has 0 radical (unpaired) electrons. The van der Waals surface area contributed by atoms with E-state index >= 15 is 0 Å². The summed E-state index contributed by atoms with van der Waals surface area (Å²) in [5, 5.41) is 0. The molecular weight excluding hydrogens is 464 g/mol. The number of aryl methyl sites for hydroxylation is 2. The van der Waals surface area contributed by atoms with Crippen LogP contribution in [0.25, 0.3) is 0 Å². The van der Waals surface area contributed by atoms with Crippen LogP contribution in [0.3, 0.4) is 0 Å². The van der Waals surface area contributed by atoms with Crippen molar-refractivity contribution < 1.29 is 12.6 Å². The molecule has 188 valence electrons. The van der Waals surface area contributed by atoms with Crippen molar-refractivity contribution in [3.05, 3.63) is 101 Å². The van der Waals surface area contributed by atoms with Crippen LogP contribution >= 0.6 is 0 Å². The zero-order valence-corrected chi connectivity index (χ0v) is 22.1. The molecule has 2 saturated carbocycles. The van der Waals surface area contributed by atoms with Gasteiger partial charge in [0.1, 0.15) is 0 Å². The maximum Gasteiger partial charge on any atom is 0.297 e. The Balaban J connectivity index is 1.20. The second-order valence-corrected chi connectivity index (χ2v) is 13.2. The molecule has 6 rings (SSSR count). The fourth-order valence-corrected chi connectivity index (χ4v) is 8.80. The number of rotatable bonds is 5. The van der Waals surface area contributed by atoms with Gasteiger partial charge in [0.2, 0.25) is 0 Å². The number of hydrogen-bond donors (Lipinski definition) is 0. The summed E-state index contributed by atoms with van der Waals surface area (Å²) in [4.78, 5) is 0.270. The minimum absolute atomic E-state index is 0.0797. The van der Waals surface area contributed by atoms with Gasteiger partial charge in [0, 0.05) is 0 Å². The maximum atomic E-state index is 13.1. The molecule has 36 heavy (non-hydrogen) atoms. The molecule has 0 aliphatic heterocycles. The van der Waals surface area contributed by atoms with Gasteiger partial charge in [0.25, 0.3) is 10.1 Å². The Kier molecular flexibility index (Phi) is 6.08. The molecule has 3 nitrogen and oxygen atoms in total. The topological polar surface area (TPSA) is 43.4 Å². The fraction of sp³-hybridized carbons (Fsp3) is 0.438. The average molecular weight is 501 g/mol. The first-order chi connectivity index (χ1) is 17.3. The Morgan fingerprint density at radius 3 is 2.44 bits per heavy atom. The SMILES string of the molecule is Cc1ccc(S(=O)(=O)O[C@H]2CC[C@H]3[C@@H]4CCc5cc(Cc6ccccc6)ccc5[C@H]4CC[C@]23C)cc1. The van der Waals surface area contributed by atoms with E-state index in [4.69, 9.17) is 4.18 Å². The van der Waals surface area contributed by atoms with Crippen molar-refractivity contribution in [2.45, 2.75) is 75.7 Å². The largest absolute Gasteiger partial charge is 0.297 e. The first kappa shape index (κ1) is 23.9. The molecule has 0 spiro atoms. The third-order valence-electron chi connectivity index (χ3n) is 9.51. The van der Waals surface area contributed by atoms with E-state index in [2.05, 4.69) is 55.5 Å². The van der Waals surface area contributed by atoms with Gasteiger partial charge < -0.3 is 0 Å². The molecule has 0 amide bonds. The van der Waals surface area contributed by atoms with Crippen LogP contribution < -0.4 is 0 Å². The quantitative estimate of drug-likeness (QED) is 0.348. The summed E-state index contributed by atoms with van der Waals surface area (Å²) in [6.45, 7) is 4.26. The summed E-state index contributed by atoms with van der Waals surface area (Å²) in [6.07, 6.45) is 7.11. The molecule has 2 fully saturated rings. The van der Waals surface area contributed by atoms with Gasteiger partial charge in [-0.3, -0.25) is 4.18 Å². The highest BCUT2D eigenvalue weighted by atomic mass is 32.2. The third kappa shape index (κ3) is 4.22. The van der Waals surface area contributed by atoms with Crippen molar-refractivity contribution in [1.82, 2.24) is 0 Å². The highest BCUT2D eigenvalue weighted by Gasteiger charge is 2.56. The van der Waals surface area contributed by atoms with E-state index in [9.17, 15) is 8.42 Å². The predicted molar refractivity (Wildman–Crippen MR) is 144 cm³/mol. The molecule has 0 N–H and O–H groups in total. The Morgan fingerprint density at radius 2 is 1.67 bits per heavy atom. The highest BCUT2D eigenvalue weighted by Crippen LogP contribution is 2.61. The highest BCUT2D eigenvalue weighted by molar-refractivity contribution is 7.86. The normalized spacial score (nSPS) is 29.3. The standard InChI is InChI=1S/C32H36O3S/c1-22-8-12-26(13-9-22)36(33,34)35-31-17-16-30-29-15-11-25-21-24(20-23-6-4-3-5-7-23)10-14-27(25)28(29)18-19-32(30,31)2/h3-10,12-14,21,28-31H,11,15-20H2,1-2H3/t28-,29-,30+,31+,32+/m1/s1. The van der Waals surface area contributed by atoms with E-state index < -0.39 is 10.1 Å². The third-order valence-corrected chi connectivity index (χ3v) is 10.8. The van der Waals surface area contributed by atoms with Crippen LogP contribution in [0, 0.1) is 24.2 Å². The molecule has 4 heteroatoms. The molecule has 3 aliphatic rings. The molecule has 0 heterocycles. The molecule has 5 atom stereocenters. The minimum Gasteiger partial charge on any atom is -0.262 e. The molecule has 0 aromatic heterocycles. The van der Waals surface area contributed by atoms with Gasteiger partial charge in [-0.25, -0.2) is 0 Å². The number of benzene rings is 3. The van der Waals surface area contributed by atoms with Crippen molar-refractivity contribution in [1.29, 1.82) is 0 Å². The molecule has 3 aromatic carbocycles. The summed E-state index contributed by atoms with van der Waals surface area (Å²) in [5.74, 6) is 1.73. The molecule has 0 saturated heterocycles. The maximum absolute atomic E-state index is 13.1. The van der Waals surface area contributed by atoms with Crippen LogP contribution in [0.4, 0.5) is 0 Å². The van der Waals surface area contributed by atoms with E-state index in [0.717, 1.165) is 44.1 Å². The van der Waals surface area contributed by atoms with E-state index in [1.165, 1.54) is 23.1 Å². The lowest BCUT2D eigenvalue weighted by Gasteiger charge is -2.50. The lowest BCUT2D eigenvalue weighted by Crippen LogP contribution is -2.45. The summed E-state index contributed by atoms with van der Waals surface area (Å²) < 4.78 is 32.2. The summed E-state index contributed by atoms with van der Waals surface area (Å²) in [6, 6.07) is 24.9. The first-order valence-electron chi connectivity index (χ1n) is 13.5. The van der Waals surface area contributed by atoms with Crippen LogP contribution in [0.5, 0.6) is 0 Å². The van der Waals surface area contributed by atoms with E-state index in [0.29, 0.717) is 17.8 Å². The van der Waals surface area contributed by atoms with Gasteiger partial charge >= 0.3 is 0 Å². The number of hydrogen-bond acceptors (Lipinski definition) is 3. The Morgan fingerprint density at radius 1 is 0.889 bits per heavy atom. The smallest absolute Gasteiger partial charge is 0.262 e. The zero-order chi connectivity index (χ0) is 24.9. The van der Waals surface area contributed by atoms with Crippen molar-refractivity contribution >= 4 is 10.1 Å². The second-order valence-electron chi connectivity index (χ2n) is 11.6. The van der Waals surface area contributed by atoms with Gasteiger partial charge in [-0.05, 0) is 109 Å². The van der Waals surface area contributed by atoms with E-state index in [1.807, 2.05) is 19.1 Å². The predicted octanol–water partition coefficient (Wildman–Crippen LogP) is 7.22. The van der Waals surface area contributed by atoms with Gasteiger partial charge in [-0.1, -0.05) is 73.2 Å². The van der Waals surface area contributed by atoms with Crippen LogP contribution in [0.15, 0.2) is 77.7 Å². The van der Waals surface area contributed by atoms with Gasteiger partial charge in [-0.2, -0.15) is 8.42 Å². The summed E-state index contributed by atoms with van der Waals surface area (Å²) in [7, 11) is -3.76. The van der Waals surface area contributed by atoms with Crippen molar-refractivity contribution in [3.63, 3.8) is 0 Å². The lowest BCUT2D eigenvalue weighted by atomic mass is 9.55. The van der Waals surface area contributed by atoms with Crippen molar-refractivity contribution in [2.24, 2.45) is 17.3 Å². The first-order valence-corrected chi connectivity index (χ1v) is 14.9. The van der Waals surface area contributed by atoms with E-state index in [-0.39, 0.29) is 16.4 Å². The lowest BCUT2D eigenvalue weighted by molar-refractivity contribution is -0.00803.